The smallest absolute Gasteiger partial charge is 0.262 e. The fourth-order valence-electron chi connectivity index (χ4n) is 2.82. The second kappa shape index (κ2) is 8.73. The van der Waals surface area contributed by atoms with Gasteiger partial charge in [0.2, 0.25) is 5.91 Å². The topological polar surface area (TPSA) is 64.0 Å². The predicted octanol–water partition coefficient (Wildman–Crippen LogP) is 4.77. The number of para-hydroxylation sites is 1. The van der Waals surface area contributed by atoms with Crippen LogP contribution in [0.25, 0.3) is 10.9 Å². The largest absolute Gasteiger partial charge is 0.323 e. The van der Waals surface area contributed by atoms with Crippen molar-refractivity contribution in [2.45, 2.75) is 43.6 Å². The molecule has 5 nitrogen and oxygen atoms in total. The first kappa shape index (κ1) is 21.0. The maximum Gasteiger partial charge on any atom is 0.262 e. The molecule has 0 aliphatic rings. The number of anilines is 1. The third kappa shape index (κ3) is 4.48. The molecular weight excluding hydrogens is 396 g/mol. The number of hydrogen-bond donors (Lipinski definition) is 1. The van der Waals surface area contributed by atoms with Crippen LogP contribution in [-0.2, 0) is 4.79 Å². The summed E-state index contributed by atoms with van der Waals surface area (Å²) in [5, 5.41) is 2.73. The highest BCUT2D eigenvalue weighted by atomic mass is 32.2. The maximum absolute atomic E-state index is 13.8. The highest BCUT2D eigenvalue weighted by Crippen LogP contribution is 2.27. The van der Waals surface area contributed by atoms with E-state index in [0.29, 0.717) is 22.1 Å². The van der Waals surface area contributed by atoms with Crippen molar-refractivity contribution in [2.24, 2.45) is 0 Å². The van der Waals surface area contributed by atoms with Gasteiger partial charge in [0.1, 0.15) is 11.6 Å². The number of halogens is 2. The minimum Gasteiger partial charge on any atom is -0.323 e. The summed E-state index contributed by atoms with van der Waals surface area (Å²) in [6, 6.07) is 9.90. The fourth-order valence-corrected chi connectivity index (χ4v) is 3.83. The van der Waals surface area contributed by atoms with Gasteiger partial charge in [0, 0.05) is 12.1 Å². The number of rotatable bonds is 6. The number of benzene rings is 2. The molecule has 29 heavy (non-hydrogen) atoms. The van der Waals surface area contributed by atoms with Gasteiger partial charge in [-0.05, 0) is 44.5 Å². The average molecular weight is 417 g/mol. The van der Waals surface area contributed by atoms with Crippen LogP contribution in [0.15, 0.2) is 52.4 Å². The Labute approximate surface area is 171 Å². The SMILES string of the molecule is CC[C@@H](C)n1c(S[C@H](C)C(=O)Nc2ccc(F)cc2F)nc2ccccc2c1=O. The lowest BCUT2D eigenvalue weighted by molar-refractivity contribution is -0.115. The van der Waals surface area contributed by atoms with Gasteiger partial charge in [-0.1, -0.05) is 30.8 Å². The third-order valence-corrected chi connectivity index (χ3v) is 5.71. The number of thioether (sulfide) groups is 1. The van der Waals surface area contributed by atoms with Crippen molar-refractivity contribution in [3.63, 3.8) is 0 Å². The number of aromatic nitrogens is 2. The first-order chi connectivity index (χ1) is 13.8. The first-order valence-electron chi connectivity index (χ1n) is 9.25. The molecule has 152 valence electrons. The number of nitrogens with zero attached hydrogens (tertiary/aromatic N) is 2. The summed E-state index contributed by atoms with van der Waals surface area (Å²) in [5.41, 5.74) is 0.288. The minimum absolute atomic E-state index is 0.102. The number of carbonyl (C=O) groups excluding carboxylic acids is 1. The number of hydrogen-bond acceptors (Lipinski definition) is 4. The van der Waals surface area contributed by atoms with Gasteiger partial charge in [-0.25, -0.2) is 13.8 Å². The molecule has 3 aromatic rings. The zero-order valence-electron chi connectivity index (χ0n) is 16.3. The van der Waals surface area contributed by atoms with Crippen molar-refractivity contribution < 1.29 is 13.6 Å². The molecule has 0 radical (unpaired) electrons. The normalized spacial score (nSPS) is 13.3. The van der Waals surface area contributed by atoms with Crippen LogP contribution in [0.2, 0.25) is 0 Å². The quantitative estimate of drug-likeness (QED) is 0.464. The fraction of sp³-hybridized carbons (Fsp3) is 0.286. The van der Waals surface area contributed by atoms with Crippen LogP contribution in [0.4, 0.5) is 14.5 Å². The molecule has 1 aromatic heterocycles. The van der Waals surface area contributed by atoms with Crippen LogP contribution >= 0.6 is 11.8 Å². The summed E-state index contributed by atoms with van der Waals surface area (Å²) < 4.78 is 28.5. The summed E-state index contributed by atoms with van der Waals surface area (Å²) >= 11 is 1.12. The number of fused-ring (bicyclic) bond motifs is 1. The molecule has 1 N–H and O–H groups in total. The van der Waals surface area contributed by atoms with Gasteiger partial charge in [-0.2, -0.15) is 0 Å². The van der Waals surface area contributed by atoms with Crippen molar-refractivity contribution in [3.05, 3.63) is 64.5 Å². The third-order valence-electron chi connectivity index (χ3n) is 4.65. The van der Waals surface area contributed by atoms with E-state index in [1.165, 1.54) is 6.07 Å². The van der Waals surface area contributed by atoms with E-state index in [-0.39, 0.29) is 17.3 Å². The van der Waals surface area contributed by atoms with Gasteiger partial charge >= 0.3 is 0 Å². The van der Waals surface area contributed by atoms with Gasteiger partial charge < -0.3 is 5.32 Å². The molecule has 2 aromatic carbocycles. The Hall–Kier alpha value is -2.74. The molecule has 0 aliphatic carbocycles. The van der Waals surface area contributed by atoms with E-state index < -0.39 is 22.8 Å². The maximum atomic E-state index is 13.8. The van der Waals surface area contributed by atoms with Crippen molar-refractivity contribution >= 4 is 34.3 Å². The standard InChI is InChI=1S/C21H21F2N3O2S/c1-4-12(2)26-20(28)15-7-5-6-8-17(15)25-21(26)29-13(3)19(27)24-18-10-9-14(22)11-16(18)23/h5-13H,4H2,1-3H3,(H,24,27)/t12-,13-/m1/s1. The highest BCUT2D eigenvalue weighted by molar-refractivity contribution is 8.00. The lowest BCUT2D eigenvalue weighted by atomic mass is 10.2. The molecule has 1 amide bonds. The molecular formula is C21H21F2N3O2S. The van der Waals surface area contributed by atoms with Gasteiger partial charge in [-0.15, -0.1) is 0 Å². The van der Waals surface area contributed by atoms with Crippen LogP contribution in [0.3, 0.4) is 0 Å². The summed E-state index contributed by atoms with van der Waals surface area (Å²) in [7, 11) is 0. The zero-order valence-corrected chi connectivity index (χ0v) is 17.1. The Morgan fingerprint density at radius 1 is 1.21 bits per heavy atom. The van der Waals surface area contributed by atoms with Crippen LogP contribution in [-0.4, -0.2) is 20.7 Å². The van der Waals surface area contributed by atoms with E-state index in [9.17, 15) is 18.4 Å². The Balaban J connectivity index is 1.91. The molecule has 2 atom stereocenters. The Morgan fingerprint density at radius 3 is 2.62 bits per heavy atom. The minimum atomic E-state index is -0.851. The van der Waals surface area contributed by atoms with E-state index >= 15 is 0 Å². The van der Waals surface area contributed by atoms with Crippen molar-refractivity contribution in [1.82, 2.24) is 9.55 Å². The number of amides is 1. The molecule has 8 heteroatoms. The van der Waals surface area contributed by atoms with E-state index in [1.54, 1.807) is 35.8 Å². The molecule has 0 unspecified atom stereocenters. The molecule has 0 aliphatic heterocycles. The Morgan fingerprint density at radius 2 is 1.93 bits per heavy atom. The van der Waals surface area contributed by atoms with E-state index in [2.05, 4.69) is 10.3 Å². The second-order valence-electron chi connectivity index (χ2n) is 6.72. The lowest BCUT2D eigenvalue weighted by Crippen LogP contribution is -2.28. The lowest BCUT2D eigenvalue weighted by Gasteiger charge is -2.20. The van der Waals surface area contributed by atoms with Crippen LogP contribution in [0, 0.1) is 11.6 Å². The van der Waals surface area contributed by atoms with Crippen molar-refractivity contribution in [2.75, 3.05) is 5.32 Å². The van der Waals surface area contributed by atoms with Crippen LogP contribution in [0.5, 0.6) is 0 Å². The molecule has 1 heterocycles. The van der Waals surface area contributed by atoms with E-state index in [1.807, 2.05) is 13.8 Å². The summed E-state index contributed by atoms with van der Waals surface area (Å²) in [4.78, 5) is 30.1. The first-order valence-corrected chi connectivity index (χ1v) is 10.1. The second-order valence-corrected chi connectivity index (χ2v) is 8.03. The molecule has 0 spiro atoms. The molecule has 0 bridgehead atoms. The monoisotopic (exact) mass is 417 g/mol. The summed E-state index contributed by atoms with van der Waals surface area (Å²) in [5.74, 6) is -2.05. The molecule has 0 fully saturated rings. The van der Waals surface area contributed by atoms with Crippen LogP contribution < -0.4 is 10.9 Å². The number of carbonyl (C=O) groups is 1. The number of nitrogens with one attached hydrogen (secondary N) is 1. The summed E-state index contributed by atoms with van der Waals surface area (Å²) in [6.07, 6.45) is 0.717. The Kier molecular flexibility index (Phi) is 6.32. The predicted molar refractivity (Wildman–Crippen MR) is 111 cm³/mol. The molecule has 3 rings (SSSR count). The van der Waals surface area contributed by atoms with Crippen LogP contribution in [0.1, 0.15) is 33.2 Å². The highest BCUT2D eigenvalue weighted by Gasteiger charge is 2.22. The molecule has 0 saturated carbocycles. The van der Waals surface area contributed by atoms with Crippen molar-refractivity contribution in [3.8, 4) is 0 Å². The summed E-state index contributed by atoms with van der Waals surface area (Å²) in [6.45, 7) is 5.53. The zero-order chi connectivity index (χ0) is 21.1. The molecule has 0 saturated heterocycles. The van der Waals surface area contributed by atoms with Gasteiger partial charge in [0.25, 0.3) is 5.56 Å². The average Bonchev–Trinajstić information content (AvgIpc) is 2.69. The van der Waals surface area contributed by atoms with E-state index in [0.717, 1.165) is 24.2 Å². The Bertz CT molecular complexity index is 1120. The van der Waals surface area contributed by atoms with Gasteiger partial charge in [0.05, 0.1) is 21.8 Å². The van der Waals surface area contributed by atoms with Crippen molar-refractivity contribution in [1.29, 1.82) is 0 Å². The van der Waals surface area contributed by atoms with E-state index in [4.69, 9.17) is 0 Å². The van der Waals surface area contributed by atoms with Gasteiger partial charge in [0.15, 0.2) is 5.16 Å². The van der Waals surface area contributed by atoms with Gasteiger partial charge in [-0.3, -0.25) is 14.2 Å².